The summed E-state index contributed by atoms with van der Waals surface area (Å²) in [6.07, 6.45) is 62.8. The van der Waals surface area contributed by atoms with Gasteiger partial charge < -0.3 is 33.8 Å². The Labute approximate surface area is 613 Å². The highest BCUT2D eigenvalue weighted by atomic mass is 31.2. The van der Waals surface area contributed by atoms with E-state index in [4.69, 9.17) is 37.0 Å². The average molecular weight is 1470 g/mol. The number of phosphoric ester groups is 2. The molecule has 0 heterocycles. The molecule has 0 saturated carbocycles. The number of ether oxygens (including phenoxy) is 4. The zero-order valence-electron chi connectivity index (χ0n) is 65.5. The molecule has 2 unspecified atom stereocenters. The van der Waals surface area contributed by atoms with Gasteiger partial charge in [0.05, 0.1) is 26.4 Å². The lowest BCUT2D eigenvalue weighted by Crippen LogP contribution is -2.30. The average Bonchev–Trinajstić information content (AvgIpc) is 0.934. The monoisotopic (exact) mass is 1470 g/mol. The van der Waals surface area contributed by atoms with Gasteiger partial charge in [0, 0.05) is 25.7 Å². The third kappa shape index (κ3) is 74.3. The van der Waals surface area contributed by atoms with Crippen molar-refractivity contribution in [1.29, 1.82) is 0 Å². The Balaban J connectivity index is 5.18. The Morgan fingerprint density at radius 3 is 0.680 bits per heavy atom. The fourth-order valence-corrected chi connectivity index (χ4v) is 14.1. The number of carbonyl (C=O) groups is 4. The first-order valence-electron chi connectivity index (χ1n) is 42.0. The van der Waals surface area contributed by atoms with Crippen LogP contribution in [-0.4, -0.2) is 96.7 Å². The van der Waals surface area contributed by atoms with E-state index in [9.17, 15) is 43.2 Å². The number of phosphoric acid groups is 2. The molecule has 0 aromatic carbocycles. The van der Waals surface area contributed by atoms with Crippen LogP contribution in [0.25, 0.3) is 0 Å². The SMILES string of the molecule is CCCCCCCCCCCCCCCCCCCCCCCCC(=O)O[C@H](COC(=O)CCCCCCCCCCCCCCCCCC(C)C)COP(=O)(O)OC[C@@H](O)COP(=O)(O)OC[C@@H](COC(=O)CCCCCCCCC(C)C)OC(=O)CCCCCCCCCCCCC. The number of carbonyl (C=O) groups excluding carboxylic acids is 4. The summed E-state index contributed by atoms with van der Waals surface area (Å²) in [6.45, 7) is 9.56. The predicted octanol–water partition coefficient (Wildman–Crippen LogP) is 24.3. The van der Waals surface area contributed by atoms with Crippen LogP contribution in [0.5, 0.6) is 0 Å². The van der Waals surface area contributed by atoms with Gasteiger partial charge in [-0.15, -0.1) is 0 Å². The molecule has 594 valence electrons. The maximum absolute atomic E-state index is 13.1. The van der Waals surface area contributed by atoms with Crippen LogP contribution in [0.3, 0.4) is 0 Å². The Morgan fingerprint density at radius 1 is 0.270 bits per heavy atom. The topological polar surface area (TPSA) is 237 Å². The summed E-state index contributed by atoms with van der Waals surface area (Å²) >= 11 is 0. The second-order valence-electron chi connectivity index (χ2n) is 30.1. The van der Waals surface area contributed by atoms with Gasteiger partial charge in [0.25, 0.3) is 0 Å². The van der Waals surface area contributed by atoms with Crippen molar-refractivity contribution in [3.8, 4) is 0 Å². The number of hydrogen-bond donors (Lipinski definition) is 3. The van der Waals surface area contributed by atoms with Gasteiger partial charge in [-0.1, -0.05) is 375 Å². The lowest BCUT2D eigenvalue weighted by Gasteiger charge is -2.21. The van der Waals surface area contributed by atoms with E-state index in [0.717, 1.165) is 102 Å². The number of aliphatic hydroxyl groups is 1. The summed E-state index contributed by atoms with van der Waals surface area (Å²) in [6, 6.07) is 0. The smallest absolute Gasteiger partial charge is 0.462 e. The first kappa shape index (κ1) is 98.1. The van der Waals surface area contributed by atoms with E-state index in [1.807, 2.05) is 0 Å². The molecular weight excluding hydrogens is 1310 g/mol. The molecule has 5 atom stereocenters. The second-order valence-corrected chi connectivity index (χ2v) is 33.0. The van der Waals surface area contributed by atoms with Gasteiger partial charge in [0.2, 0.25) is 0 Å². The van der Waals surface area contributed by atoms with Crippen molar-refractivity contribution in [2.24, 2.45) is 11.8 Å². The van der Waals surface area contributed by atoms with Crippen molar-refractivity contribution in [1.82, 2.24) is 0 Å². The highest BCUT2D eigenvalue weighted by Crippen LogP contribution is 2.45. The number of unbranched alkanes of at least 4 members (excludes halogenated alkanes) is 50. The number of rotatable bonds is 80. The molecule has 0 radical (unpaired) electrons. The molecule has 0 bridgehead atoms. The van der Waals surface area contributed by atoms with Crippen molar-refractivity contribution in [3.63, 3.8) is 0 Å². The van der Waals surface area contributed by atoms with Crippen molar-refractivity contribution < 1.29 is 80.2 Å². The molecule has 3 N–H and O–H groups in total. The molecule has 0 saturated heterocycles. The third-order valence-corrected chi connectivity index (χ3v) is 20.9. The lowest BCUT2D eigenvalue weighted by molar-refractivity contribution is -0.161. The van der Waals surface area contributed by atoms with E-state index in [1.165, 1.54) is 238 Å². The van der Waals surface area contributed by atoms with Gasteiger partial charge in [0.15, 0.2) is 12.2 Å². The first-order valence-corrected chi connectivity index (χ1v) is 45.0. The van der Waals surface area contributed by atoms with E-state index >= 15 is 0 Å². The molecule has 0 aliphatic rings. The zero-order valence-corrected chi connectivity index (χ0v) is 67.3. The summed E-state index contributed by atoms with van der Waals surface area (Å²) in [7, 11) is -9.91. The lowest BCUT2D eigenvalue weighted by atomic mass is 10.0. The summed E-state index contributed by atoms with van der Waals surface area (Å²) < 4.78 is 68.6. The largest absolute Gasteiger partial charge is 0.472 e. The molecule has 17 nitrogen and oxygen atoms in total. The van der Waals surface area contributed by atoms with Crippen LogP contribution in [0.2, 0.25) is 0 Å². The Hall–Kier alpha value is -1.94. The number of hydrogen-bond acceptors (Lipinski definition) is 15. The van der Waals surface area contributed by atoms with Crippen molar-refractivity contribution >= 4 is 39.5 Å². The predicted molar refractivity (Wildman–Crippen MR) is 409 cm³/mol. The van der Waals surface area contributed by atoms with Crippen LogP contribution < -0.4 is 0 Å². The van der Waals surface area contributed by atoms with E-state index in [-0.39, 0.29) is 25.7 Å². The Morgan fingerprint density at radius 2 is 0.460 bits per heavy atom. The van der Waals surface area contributed by atoms with Gasteiger partial charge in [-0.25, -0.2) is 9.13 Å². The van der Waals surface area contributed by atoms with Crippen molar-refractivity contribution in [2.45, 2.75) is 445 Å². The van der Waals surface area contributed by atoms with Crippen LogP contribution in [0.4, 0.5) is 0 Å². The van der Waals surface area contributed by atoms with E-state index < -0.39 is 97.5 Å². The normalized spacial score (nSPS) is 13.9. The summed E-state index contributed by atoms with van der Waals surface area (Å²) in [5.41, 5.74) is 0. The highest BCUT2D eigenvalue weighted by molar-refractivity contribution is 7.47. The van der Waals surface area contributed by atoms with Crippen LogP contribution in [-0.2, 0) is 65.4 Å². The molecule has 0 aliphatic carbocycles. The molecule has 0 amide bonds. The van der Waals surface area contributed by atoms with Crippen LogP contribution >= 0.6 is 15.6 Å². The maximum Gasteiger partial charge on any atom is 0.472 e. The minimum atomic E-state index is -4.96. The van der Waals surface area contributed by atoms with Gasteiger partial charge in [-0.3, -0.25) is 37.3 Å². The Bertz CT molecular complexity index is 1920. The van der Waals surface area contributed by atoms with Crippen molar-refractivity contribution in [2.75, 3.05) is 39.6 Å². The molecule has 100 heavy (non-hydrogen) atoms. The molecule has 0 aliphatic heterocycles. The third-order valence-electron chi connectivity index (χ3n) is 19.0. The summed E-state index contributed by atoms with van der Waals surface area (Å²) in [5, 5.41) is 10.6. The minimum absolute atomic E-state index is 0.106. The molecule has 19 heteroatoms. The number of esters is 4. The molecular formula is C81H158O17P2. The van der Waals surface area contributed by atoms with Crippen molar-refractivity contribution in [3.05, 3.63) is 0 Å². The minimum Gasteiger partial charge on any atom is -0.462 e. The van der Waals surface area contributed by atoms with E-state index in [2.05, 4.69) is 41.5 Å². The quantitative estimate of drug-likeness (QED) is 0.0222. The van der Waals surface area contributed by atoms with Crippen LogP contribution in [0, 0.1) is 11.8 Å². The molecule has 0 fully saturated rings. The van der Waals surface area contributed by atoms with Gasteiger partial charge in [0.1, 0.15) is 19.3 Å². The fourth-order valence-electron chi connectivity index (χ4n) is 12.5. The molecule has 0 spiro atoms. The molecule has 0 aromatic heterocycles. The van der Waals surface area contributed by atoms with E-state index in [0.29, 0.717) is 31.6 Å². The summed E-state index contributed by atoms with van der Waals surface area (Å²) in [4.78, 5) is 72.9. The zero-order chi connectivity index (χ0) is 73.5. The van der Waals surface area contributed by atoms with Crippen LogP contribution in [0.1, 0.15) is 427 Å². The molecule has 0 aromatic rings. The van der Waals surface area contributed by atoms with Crippen LogP contribution in [0.15, 0.2) is 0 Å². The van der Waals surface area contributed by atoms with Gasteiger partial charge in [-0.2, -0.15) is 0 Å². The standard InChI is InChI=1S/C81H158O17P2/c1-7-9-11-13-15-17-19-20-21-22-23-24-25-26-27-30-34-38-42-46-54-60-66-81(86)97-76(69-91-78(83)63-57-51-44-40-37-33-31-28-29-32-36-39-43-49-55-61-73(3)4)71-95-99(87,88)93-67-75(82)68-94-100(89,90)96-72-77(70-92-79(84)64-58-52-48-47-50-56-62-74(5)6)98-80(85)65-59-53-45-41-35-18-16-14-12-10-8-2/h73-77,82H,7-72H2,1-6H3,(H,87,88)(H,89,90)/t75-,76-,77-/m1/s1. The second kappa shape index (κ2) is 72.6. The fraction of sp³-hybridized carbons (Fsp3) is 0.951. The number of aliphatic hydroxyl groups excluding tert-OH is 1. The Kier molecular flexibility index (Phi) is 71.2. The molecule has 0 rings (SSSR count). The van der Waals surface area contributed by atoms with Gasteiger partial charge in [-0.05, 0) is 37.5 Å². The van der Waals surface area contributed by atoms with E-state index in [1.54, 1.807) is 0 Å². The first-order chi connectivity index (χ1) is 48.4. The maximum atomic E-state index is 13.1. The summed E-state index contributed by atoms with van der Waals surface area (Å²) in [5.74, 6) is -0.626. The van der Waals surface area contributed by atoms with Gasteiger partial charge >= 0.3 is 39.5 Å². The highest BCUT2D eigenvalue weighted by Gasteiger charge is 2.30.